The summed E-state index contributed by atoms with van der Waals surface area (Å²) in [5.41, 5.74) is 0. The first-order chi connectivity index (χ1) is 8.98. The molecule has 1 aliphatic heterocycles. The third kappa shape index (κ3) is 3.92. The van der Waals surface area contributed by atoms with E-state index in [9.17, 15) is 8.42 Å². The third-order valence-corrected chi connectivity index (χ3v) is 7.04. The largest absolute Gasteiger partial charge is 0.377 e. The highest BCUT2D eigenvalue weighted by Gasteiger charge is 2.42. The molecule has 0 aliphatic carbocycles. The lowest BCUT2D eigenvalue weighted by molar-refractivity contribution is 0.126. The van der Waals surface area contributed by atoms with Gasteiger partial charge in [-0.15, -0.1) is 0 Å². The number of sulfone groups is 1. The van der Waals surface area contributed by atoms with E-state index in [2.05, 4.69) is 12.2 Å². The molecule has 4 atom stereocenters. The van der Waals surface area contributed by atoms with Crippen molar-refractivity contribution < 1.29 is 13.2 Å². The van der Waals surface area contributed by atoms with Crippen LogP contribution in [-0.4, -0.2) is 44.2 Å². The number of ether oxygens (including phenoxy) is 1. The maximum atomic E-state index is 12.8. The summed E-state index contributed by atoms with van der Waals surface area (Å²) in [7, 11) is -3.13. The summed E-state index contributed by atoms with van der Waals surface area (Å²) in [6.45, 7) is 9.37. The Kier molecular flexibility index (Phi) is 6.77. The molecule has 1 aliphatic rings. The van der Waals surface area contributed by atoms with Gasteiger partial charge in [0, 0.05) is 12.6 Å². The second kappa shape index (κ2) is 7.60. The Labute approximate surface area is 118 Å². The van der Waals surface area contributed by atoms with Crippen molar-refractivity contribution in [2.75, 3.05) is 13.2 Å². The van der Waals surface area contributed by atoms with Crippen LogP contribution in [0, 0.1) is 0 Å². The van der Waals surface area contributed by atoms with Gasteiger partial charge in [0.25, 0.3) is 0 Å². The molecular weight excluding hydrogens is 262 g/mol. The van der Waals surface area contributed by atoms with Crippen LogP contribution in [0.4, 0.5) is 0 Å². The van der Waals surface area contributed by atoms with Crippen LogP contribution in [0.3, 0.4) is 0 Å². The van der Waals surface area contributed by atoms with E-state index in [1.807, 2.05) is 20.8 Å². The maximum absolute atomic E-state index is 12.8. The minimum Gasteiger partial charge on any atom is -0.377 e. The number of hydrogen-bond donors (Lipinski definition) is 1. The molecule has 1 N–H and O–H groups in total. The highest BCUT2D eigenvalue weighted by Crippen LogP contribution is 2.28. The van der Waals surface area contributed by atoms with E-state index in [1.54, 1.807) is 0 Å². The lowest BCUT2D eigenvalue weighted by Gasteiger charge is -2.30. The predicted octanol–water partition coefficient (Wildman–Crippen LogP) is 2.14. The number of hydrogen-bond acceptors (Lipinski definition) is 4. The molecule has 0 aromatic rings. The first kappa shape index (κ1) is 16.9. The fraction of sp³-hybridized carbons (Fsp3) is 1.00. The fourth-order valence-electron chi connectivity index (χ4n) is 3.11. The Balaban J connectivity index is 2.92. The molecule has 0 saturated carbocycles. The summed E-state index contributed by atoms with van der Waals surface area (Å²) < 4.78 is 31.1. The Morgan fingerprint density at radius 3 is 2.42 bits per heavy atom. The molecule has 4 nitrogen and oxygen atoms in total. The third-order valence-electron chi connectivity index (χ3n) is 4.07. The molecule has 0 aromatic heterocycles. The predicted molar refractivity (Wildman–Crippen MR) is 79.2 cm³/mol. The second-order valence-corrected chi connectivity index (χ2v) is 7.78. The van der Waals surface area contributed by atoms with Crippen LogP contribution in [0.15, 0.2) is 0 Å². The number of nitrogens with one attached hydrogen (secondary N) is 1. The van der Waals surface area contributed by atoms with Crippen molar-refractivity contribution in [2.45, 2.75) is 76.0 Å². The van der Waals surface area contributed by atoms with Gasteiger partial charge < -0.3 is 10.1 Å². The molecule has 0 aromatic carbocycles. The summed E-state index contributed by atoms with van der Waals surface area (Å²) in [6, 6.07) is 0.0674. The molecule has 0 bridgehead atoms. The molecule has 114 valence electrons. The summed E-state index contributed by atoms with van der Waals surface area (Å²) >= 11 is 0. The van der Waals surface area contributed by atoms with Crippen molar-refractivity contribution >= 4 is 9.84 Å². The van der Waals surface area contributed by atoms with Crippen LogP contribution in [0.25, 0.3) is 0 Å². The van der Waals surface area contributed by atoms with E-state index in [1.165, 1.54) is 0 Å². The number of rotatable bonds is 8. The van der Waals surface area contributed by atoms with Gasteiger partial charge in [-0.2, -0.15) is 0 Å². The molecule has 1 heterocycles. The lowest BCUT2D eigenvalue weighted by atomic mass is 10.1. The molecule has 1 fully saturated rings. The first-order valence-electron chi connectivity index (χ1n) is 7.56. The van der Waals surface area contributed by atoms with E-state index in [0.717, 1.165) is 19.4 Å². The van der Waals surface area contributed by atoms with Crippen LogP contribution in [0.5, 0.6) is 0 Å². The molecule has 1 saturated heterocycles. The molecular formula is C14H29NO3S. The van der Waals surface area contributed by atoms with Crippen molar-refractivity contribution in [2.24, 2.45) is 0 Å². The van der Waals surface area contributed by atoms with E-state index < -0.39 is 9.84 Å². The highest BCUT2D eigenvalue weighted by molar-refractivity contribution is 7.92. The molecule has 0 spiro atoms. The van der Waals surface area contributed by atoms with Crippen LogP contribution in [0.2, 0.25) is 0 Å². The van der Waals surface area contributed by atoms with Crippen LogP contribution < -0.4 is 5.32 Å². The normalized spacial score (nSPS) is 27.4. The standard InChI is InChI=1S/C14H29NO3S/c1-5-8-12(15-7-3)13(6-2)19(16,17)14-9-10-18-11(14)4/h11-15H,5-10H2,1-4H3. The van der Waals surface area contributed by atoms with Gasteiger partial charge in [-0.25, -0.2) is 8.42 Å². The molecule has 0 radical (unpaired) electrons. The van der Waals surface area contributed by atoms with Gasteiger partial charge in [-0.1, -0.05) is 27.2 Å². The van der Waals surface area contributed by atoms with Gasteiger partial charge in [0.15, 0.2) is 9.84 Å². The summed E-state index contributed by atoms with van der Waals surface area (Å²) in [5.74, 6) is 0. The zero-order valence-electron chi connectivity index (χ0n) is 12.7. The zero-order valence-corrected chi connectivity index (χ0v) is 13.5. The van der Waals surface area contributed by atoms with Crippen molar-refractivity contribution in [3.8, 4) is 0 Å². The van der Waals surface area contributed by atoms with Gasteiger partial charge in [-0.3, -0.25) is 0 Å². The van der Waals surface area contributed by atoms with Gasteiger partial charge in [0.1, 0.15) is 0 Å². The molecule has 5 heteroatoms. The van der Waals surface area contributed by atoms with E-state index in [-0.39, 0.29) is 22.6 Å². The van der Waals surface area contributed by atoms with Crippen LogP contribution >= 0.6 is 0 Å². The smallest absolute Gasteiger partial charge is 0.160 e. The van der Waals surface area contributed by atoms with E-state index in [4.69, 9.17) is 4.74 Å². The van der Waals surface area contributed by atoms with E-state index >= 15 is 0 Å². The van der Waals surface area contributed by atoms with Crippen molar-refractivity contribution in [1.82, 2.24) is 5.32 Å². The van der Waals surface area contributed by atoms with Gasteiger partial charge in [-0.05, 0) is 32.7 Å². The van der Waals surface area contributed by atoms with Crippen LogP contribution in [0.1, 0.15) is 53.4 Å². The summed E-state index contributed by atoms with van der Waals surface area (Å²) in [4.78, 5) is 0. The monoisotopic (exact) mass is 291 g/mol. The van der Waals surface area contributed by atoms with Crippen molar-refractivity contribution in [1.29, 1.82) is 0 Å². The van der Waals surface area contributed by atoms with Crippen molar-refractivity contribution in [3.05, 3.63) is 0 Å². The topological polar surface area (TPSA) is 55.4 Å². The molecule has 0 amide bonds. The average Bonchev–Trinajstić information content (AvgIpc) is 2.77. The van der Waals surface area contributed by atoms with Gasteiger partial charge >= 0.3 is 0 Å². The average molecular weight is 291 g/mol. The summed E-state index contributed by atoms with van der Waals surface area (Å²) in [6.07, 6.45) is 3.06. The quantitative estimate of drug-likeness (QED) is 0.744. The molecule has 19 heavy (non-hydrogen) atoms. The maximum Gasteiger partial charge on any atom is 0.160 e. The minimum absolute atomic E-state index is 0.0674. The first-order valence-corrected chi connectivity index (χ1v) is 9.17. The zero-order chi connectivity index (χ0) is 14.5. The minimum atomic E-state index is -3.13. The fourth-order valence-corrected chi connectivity index (χ4v) is 5.75. The second-order valence-electron chi connectivity index (χ2n) is 5.39. The van der Waals surface area contributed by atoms with Crippen molar-refractivity contribution in [3.63, 3.8) is 0 Å². The Hall–Kier alpha value is -0.130. The Bertz CT molecular complexity index is 350. The molecule has 1 rings (SSSR count). The van der Waals surface area contributed by atoms with Crippen LogP contribution in [-0.2, 0) is 14.6 Å². The Morgan fingerprint density at radius 2 is 2.00 bits per heavy atom. The van der Waals surface area contributed by atoms with Gasteiger partial charge in [0.2, 0.25) is 0 Å². The highest BCUT2D eigenvalue weighted by atomic mass is 32.2. The SMILES string of the molecule is CCCC(NCC)C(CC)S(=O)(=O)C1CCOC1C. The van der Waals surface area contributed by atoms with Gasteiger partial charge in [0.05, 0.1) is 16.6 Å². The lowest BCUT2D eigenvalue weighted by Crippen LogP contribution is -2.48. The summed E-state index contributed by atoms with van der Waals surface area (Å²) in [5, 5.41) is 2.75. The Morgan fingerprint density at radius 1 is 1.32 bits per heavy atom. The molecule has 4 unspecified atom stereocenters. The van der Waals surface area contributed by atoms with E-state index in [0.29, 0.717) is 19.4 Å².